The third-order valence-electron chi connectivity index (χ3n) is 0.979. The van der Waals surface area contributed by atoms with E-state index in [0.29, 0.717) is 0 Å². The molecule has 84 valence electrons. The summed E-state index contributed by atoms with van der Waals surface area (Å²) in [6.07, 6.45) is 2.53. The van der Waals surface area contributed by atoms with E-state index in [1.165, 1.54) is 6.08 Å². The summed E-state index contributed by atoms with van der Waals surface area (Å²) in [5, 5.41) is 0. The second kappa shape index (κ2) is 7.91. The van der Waals surface area contributed by atoms with E-state index >= 15 is 0 Å². The smallest absolute Gasteiger partial charge is 0.412 e. The van der Waals surface area contributed by atoms with Crippen molar-refractivity contribution in [3.63, 3.8) is 0 Å². The van der Waals surface area contributed by atoms with Gasteiger partial charge in [-0.05, 0) is 6.92 Å². The molecule has 0 atom stereocenters. The number of phosphoric ester groups is 1. The quantitative estimate of drug-likeness (QED) is 0.475. The van der Waals surface area contributed by atoms with Crippen LogP contribution in [0.2, 0.25) is 0 Å². The first kappa shape index (κ1) is 13.5. The second-order valence-corrected chi connectivity index (χ2v) is 3.69. The van der Waals surface area contributed by atoms with Gasteiger partial charge in [-0.1, -0.05) is 6.08 Å². The van der Waals surface area contributed by atoms with Crippen LogP contribution in [0.15, 0.2) is 12.3 Å². The van der Waals surface area contributed by atoms with Crippen LogP contribution in [0.5, 0.6) is 0 Å². The summed E-state index contributed by atoms with van der Waals surface area (Å²) in [6.45, 7) is -0.846. The minimum Gasteiger partial charge on any atom is -0.412 e. The van der Waals surface area contributed by atoms with Crippen molar-refractivity contribution in [2.75, 3.05) is 26.6 Å². The molecule has 0 unspecified atom stereocenters. The van der Waals surface area contributed by atoms with Crippen LogP contribution in [0.4, 0.5) is 8.78 Å². The highest BCUT2D eigenvalue weighted by Crippen LogP contribution is 2.49. The lowest BCUT2D eigenvalue weighted by atomic mass is 10.8. The molecule has 14 heavy (non-hydrogen) atoms. The van der Waals surface area contributed by atoms with E-state index in [2.05, 4.69) is 13.6 Å². The first-order valence-corrected chi connectivity index (χ1v) is 5.45. The third-order valence-corrected chi connectivity index (χ3v) is 2.36. The van der Waals surface area contributed by atoms with Crippen molar-refractivity contribution >= 4 is 7.82 Å². The molecule has 0 saturated heterocycles. The fraction of sp³-hybridized carbons (Fsp3) is 0.714. The Hall–Kier alpha value is -0.450. The Balaban J connectivity index is 4.10. The molecule has 0 amide bonds. The number of rotatable bonds is 8. The number of phosphoric acid groups is 1. The fourth-order valence-electron chi connectivity index (χ4n) is 0.526. The van der Waals surface area contributed by atoms with Crippen LogP contribution in [-0.4, -0.2) is 26.6 Å². The van der Waals surface area contributed by atoms with Gasteiger partial charge >= 0.3 is 7.82 Å². The third kappa shape index (κ3) is 6.07. The Morgan fingerprint density at radius 2 is 1.71 bits per heavy atom. The average Bonchev–Trinajstić information content (AvgIpc) is 2.21. The first-order chi connectivity index (χ1) is 6.68. The van der Waals surface area contributed by atoms with Gasteiger partial charge in [-0.25, -0.2) is 13.3 Å². The van der Waals surface area contributed by atoms with Crippen LogP contribution < -0.4 is 0 Å². The molecule has 0 radical (unpaired) electrons. The number of alkyl halides is 2. The molecule has 0 N–H and O–H groups in total. The number of hydrogen-bond acceptors (Lipinski definition) is 4. The molecule has 4 nitrogen and oxygen atoms in total. The highest BCUT2D eigenvalue weighted by molar-refractivity contribution is 7.48. The van der Waals surface area contributed by atoms with E-state index in [4.69, 9.17) is 0 Å². The molecular formula is C7H13F2O4P. The minimum absolute atomic E-state index is 0.416. The van der Waals surface area contributed by atoms with Gasteiger partial charge in [0.1, 0.15) is 13.3 Å². The average molecular weight is 230 g/mol. The maximum atomic E-state index is 11.7. The SMILES string of the molecule is CC=COP(=O)(OCCF)OCCF. The van der Waals surface area contributed by atoms with Crippen molar-refractivity contribution in [3.8, 4) is 0 Å². The van der Waals surface area contributed by atoms with Crippen LogP contribution >= 0.6 is 7.82 Å². The van der Waals surface area contributed by atoms with Crippen LogP contribution in [0.25, 0.3) is 0 Å². The molecule has 0 aromatic carbocycles. The fourth-order valence-corrected chi connectivity index (χ4v) is 1.58. The topological polar surface area (TPSA) is 44.8 Å². The Labute approximate surface area is 81.5 Å². The molecular weight excluding hydrogens is 217 g/mol. The van der Waals surface area contributed by atoms with Gasteiger partial charge in [0.15, 0.2) is 0 Å². The molecule has 0 aliphatic carbocycles. The van der Waals surface area contributed by atoms with Crippen molar-refractivity contribution in [3.05, 3.63) is 12.3 Å². The van der Waals surface area contributed by atoms with Gasteiger partial charge < -0.3 is 4.52 Å². The van der Waals surface area contributed by atoms with E-state index in [9.17, 15) is 13.3 Å². The van der Waals surface area contributed by atoms with Crippen LogP contribution in [0, 0.1) is 0 Å². The lowest BCUT2D eigenvalue weighted by Crippen LogP contribution is -2.02. The highest BCUT2D eigenvalue weighted by Gasteiger charge is 2.26. The van der Waals surface area contributed by atoms with Gasteiger partial charge in [-0.3, -0.25) is 9.05 Å². The van der Waals surface area contributed by atoms with E-state index in [1.54, 1.807) is 6.92 Å². The monoisotopic (exact) mass is 230 g/mol. The van der Waals surface area contributed by atoms with Crippen molar-refractivity contribution in [2.45, 2.75) is 6.92 Å². The number of halogens is 2. The molecule has 0 heterocycles. The Bertz CT molecular complexity index is 198. The van der Waals surface area contributed by atoms with E-state index in [0.717, 1.165) is 6.26 Å². The summed E-state index contributed by atoms with van der Waals surface area (Å²) in [4.78, 5) is 0. The molecule has 0 aliphatic heterocycles. The van der Waals surface area contributed by atoms with E-state index in [1.807, 2.05) is 0 Å². The predicted molar refractivity (Wildman–Crippen MR) is 47.4 cm³/mol. The summed E-state index contributed by atoms with van der Waals surface area (Å²) >= 11 is 0. The maximum absolute atomic E-state index is 11.7. The summed E-state index contributed by atoms with van der Waals surface area (Å²) in [6, 6.07) is 0. The van der Waals surface area contributed by atoms with Gasteiger partial charge in [0.25, 0.3) is 0 Å². The molecule has 0 aromatic heterocycles. The molecule has 0 saturated carbocycles. The molecule has 0 aromatic rings. The summed E-state index contributed by atoms with van der Waals surface area (Å²) < 4.78 is 48.5. The van der Waals surface area contributed by atoms with Gasteiger partial charge in [-0.2, -0.15) is 0 Å². The highest BCUT2D eigenvalue weighted by atomic mass is 31.2. The van der Waals surface area contributed by atoms with Crippen LogP contribution in [0.3, 0.4) is 0 Å². The standard InChI is InChI=1S/C7H13F2O4P/c1-2-5-11-14(10,12-6-3-8)13-7-4-9/h2,5H,3-4,6-7H2,1H3. The Morgan fingerprint density at radius 1 is 1.21 bits per heavy atom. The molecule has 7 heteroatoms. The minimum atomic E-state index is -3.84. The normalized spacial score (nSPS) is 12.2. The Kier molecular flexibility index (Phi) is 7.65. The van der Waals surface area contributed by atoms with Crippen molar-refractivity contribution in [1.29, 1.82) is 0 Å². The first-order valence-electron chi connectivity index (χ1n) is 3.99. The van der Waals surface area contributed by atoms with Gasteiger partial charge in [0.2, 0.25) is 0 Å². The lowest BCUT2D eigenvalue weighted by molar-refractivity contribution is 0.128. The molecule has 0 rings (SSSR count). The summed E-state index contributed by atoms with van der Waals surface area (Å²) in [7, 11) is -3.84. The van der Waals surface area contributed by atoms with Crippen molar-refractivity contribution < 1.29 is 26.9 Å². The number of allylic oxidation sites excluding steroid dienone is 1. The van der Waals surface area contributed by atoms with Crippen molar-refractivity contribution in [2.24, 2.45) is 0 Å². The van der Waals surface area contributed by atoms with Gasteiger partial charge in [0.05, 0.1) is 19.5 Å². The van der Waals surface area contributed by atoms with E-state index < -0.39 is 34.4 Å². The maximum Gasteiger partial charge on any atom is 0.529 e. The van der Waals surface area contributed by atoms with E-state index in [-0.39, 0.29) is 0 Å². The van der Waals surface area contributed by atoms with Crippen LogP contribution in [0.1, 0.15) is 6.92 Å². The lowest BCUT2D eigenvalue weighted by Gasteiger charge is -2.14. The molecule has 0 spiro atoms. The predicted octanol–water partition coefficient (Wildman–Crippen LogP) is 2.62. The summed E-state index contributed by atoms with van der Waals surface area (Å²) in [5.74, 6) is 0. The Morgan fingerprint density at radius 3 is 2.07 bits per heavy atom. The zero-order valence-corrected chi connectivity index (χ0v) is 8.71. The van der Waals surface area contributed by atoms with Gasteiger partial charge in [-0.15, -0.1) is 0 Å². The molecule has 0 fully saturated rings. The van der Waals surface area contributed by atoms with Crippen LogP contribution in [-0.2, 0) is 18.1 Å². The molecule has 0 aliphatic rings. The zero-order valence-electron chi connectivity index (χ0n) is 7.82. The summed E-state index contributed by atoms with van der Waals surface area (Å²) in [5.41, 5.74) is 0. The van der Waals surface area contributed by atoms with Crippen molar-refractivity contribution in [1.82, 2.24) is 0 Å². The largest absolute Gasteiger partial charge is 0.529 e. The second-order valence-electron chi connectivity index (χ2n) is 2.07. The zero-order chi connectivity index (χ0) is 10.9. The molecule has 0 bridgehead atoms. The van der Waals surface area contributed by atoms with Gasteiger partial charge in [0, 0.05) is 0 Å². The number of hydrogen-bond donors (Lipinski definition) is 0.